The van der Waals surface area contributed by atoms with Crippen molar-refractivity contribution < 1.29 is 19.1 Å². The highest BCUT2D eigenvalue weighted by Crippen LogP contribution is 2.31. The number of carbonyl (C=O) groups excluding carboxylic acids is 2. The Morgan fingerprint density at radius 1 is 1.29 bits per heavy atom. The molecule has 1 heterocycles. The smallest absolute Gasteiger partial charge is 0.275 e. The number of halogens is 1. The molecule has 1 unspecified atom stereocenters. The predicted molar refractivity (Wildman–Crippen MR) is 90.9 cm³/mol. The third-order valence-electron chi connectivity index (χ3n) is 3.53. The summed E-state index contributed by atoms with van der Waals surface area (Å²) in [7, 11) is 1.50. The van der Waals surface area contributed by atoms with Crippen LogP contribution >= 0.6 is 11.6 Å². The van der Waals surface area contributed by atoms with Crippen molar-refractivity contribution in [3.63, 3.8) is 0 Å². The van der Waals surface area contributed by atoms with Crippen LogP contribution in [0.25, 0.3) is 0 Å². The summed E-state index contributed by atoms with van der Waals surface area (Å²) in [5.41, 5.74) is 1.97. The van der Waals surface area contributed by atoms with Gasteiger partial charge in [-0.3, -0.25) is 9.59 Å². The van der Waals surface area contributed by atoms with Gasteiger partial charge in [0.25, 0.3) is 17.9 Å². The van der Waals surface area contributed by atoms with E-state index in [2.05, 4.69) is 10.6 Å². The van der Waals surface area contributed by atoms with Gasteiger partial charge in [0, 0.05) is 5.69 Å². The maximum absolute atomic E-state index is 12.3. The van der Waals surface area contributed by atoms with Crippen molar-refractivity contribution in [3.8, 4) is 11.5 Å². The lowest BCUT2D eigenvalue weighted by atomic mass is 10.1. The highest BCUT2D eigenvalue weighted by molar-refractivity contribution is 6.32. The molecule has 0 bridgehead atoms. The number of ether oxygens (including phenoxy) is 2. The number of rotatable bonds is 3. The van der Waals surface area contributed by atoms with Crippen LogP contribution in [-0.2, 0) is 9.59 Å². The molecule has 0 saturated heterocycles. The van der Waals surface area contributed by atoms with E-state index in [4.69, 9.17) is 21.1 Å². The van der Waals surface area contributed by atoms with E-state index in [0.29, 0.717) is 27.9 Å². The van der Waals surface area contributed by atoms with E-state index in [0.717, 1.165) is 5.56 Å². The molecule has 124 valence electrons. The summed E-state index contributed by atoms with van der Waals surface area (Å²) in [6, 6.07) is 10.1. The lowest BCUT2D eigenvalue weighted by molar-refractivity contribution is -0.133. The van der Waals surface area contributed by atoms with Gasteiger partial charge >= 0.3 is 0 Å². The van der Waals surface area contributed by atoms with E-state index in [1.54, 1.807) is 24.3 Å². The molecule has 7 heteroatoms. The minimum Gasteiger partial charge on any atom is -0.495 e. The highest BCUT2D eigenvalue weighted by Gasteiger charge is 2.34. The summed E-state index contributed by atoms with van der Waals surface area (Å²) in [6.45, 7) is 1.90. The van der Waals surface area contributed by atoms with Crippen molar-refractivity contribution in [3.05, 3.63) is 47.0 Å². The first-order valence-corrected chi connectivity index (χ1v) is 7.58. The van der Waals surface area contributed by atoms with Gasteiger partial charge in [0.05, 0.1) is 17.8 Å². The number of amides is 2. The number of fused-ring (bicyclic) bond motifs is 1. The Morgan fingerprint density at radius 3 is 2.79 bits per heavy atom. The van der Waals surface area contributed by atoms with Crippen LogP contribution in [0.4, 0.5) is 11.4 Å². The largest absolute Gasteiger partial charge is 0.495 e. The van der Waals surface area contributed by atoms with Crippen molar-refractivity contribution in [2.75, 3.05) is 17.7 Å². The second-order valence-electron chi connectivity index (χ2n) is 5.33. The Hall–Kier alpha value is -2.73. The Labute approximate surface area is 143 Å². The summed E-state index contributed by atoms with van der Waals surface area (Å²) in [6.07, 6.45) is -1.28. The maximum Gasteiger partial charge on any atom is 0.275 e. The zero-order chi connectivity index (χ0) is 17.3. The third-order valence-corrected chi connectivity index (χ3v) is 3.83. The SMILES string of the molecule is COc1ccc(NC(=O)C2Oc3ccc(C)cc3NC2=O)cc1Cl. The molecule has 0 spiro atoms. The van der Waals surface area contributed by atoms with Crippen LogP contribution in [0.5, 0.6) is 11.5 Å². The van der Waals surface area contributed by atoms with E-state index in [1.165, 1.54) is 13.2 Å². The van der Waals surface area contributed by atoms with Gasteiger partial charge in [-0.2, -0.15) is 0 Å². The third kappa shape index (κ3) is 3.14. The standard InChI is InChI=1S/C17H15ClN2O4/c1-9-3-5-14-12(7-9)20-17(22)15(24-14)16(21)19-10-4-6-13(23-2)11(18)8-10/h3-8,15H,1-2H3,(H,19,21)(H,20,22). The zero-order valence-electron chi connectivity index (χ0n) is 13.1. The van der Waals surface area contributed by atoms with Crippen LogP contribution in [0.3, 0.4) is 0 Å². The number of methoxy groups -OCH3 is 1. The Balaban J connectivity index is 1.77. The van der Waals surface area contributed by atoms with Gasteiger partial charge in [-0.05, 0) is 42.8 Å². The first kappa shape index (κ1) is 16.1. The fraction of sp³-hybridized carbons (Fsp3) is 0.176. The lowest BCUT2D eigenvalue weighted by Gasteiger charge is -2.25. The molecular formula is C17H15ClN2O4. The van der Waals surface area contributed by atoms with Crippen LogP contribution in [0.2, 0.25) is 5.02 Å². The van der Waals surface area contributed by atoms with E-state index < -0.39 is 17.9 Å². The molecule has 1 atom stereocenters. The van der Waals surface area contributed by atoms with Crippen LogP contribution in [0.1, 0.15) is 5.56 Å². The molecule has 0 saturated carbocycles. The molecule has 0 aromatic heterocycles. The van der Waals surface area contributed by atoms with Crippen LogP contribution in [0.15, 0.2) is 36.4 Å². The molecule has 3 rings (SSSR count). The molecule has 24 heavy (non-hydrogen) atoms. The highest BCUT2D eigenvalue weighted by atomic mass is 35.5. The monoisotopic (exact) mass is 346 g/mol. The minimum atomic E-state index is -1.28. The lowest BCUT2D eigenvalue weighted by Crippen LogP contribution is -2.45. The Kier molecular flexibility index (Phi) is 4.31. The van der Waals surface area contributed by atoms with E-state index in [-0.39, 0.29) is 0 Å². The molecular weight excluding hydrogens is 332 g/mol. The van der Waals surface area contributed by atoms with Gasteiger partial charge in [0.15, 0.2) is 0 Å². The fourth-order valence-electron chi connectivity index (χ4n) is 2.35. The summed E-state index contributed by atoms with van der Waals surface area (Å²) >= 11 is 6.02. The summed E-state index contributed by atoms with van der Waals surface area (Å²) in [4.78, 5) is 24.5. The number of hydrogen-bond acceptors (Lipinski definition) is 4. The topological polar surface area (TPSA) is 76.7 Å². The quantitative estimate of drug-likeness (QED) is 0.838. The molecule has 2 amide bonds. The van der Waals surface area contributed by atoms with Crippen LogP contribution < -0.4 is 20.1 Å². The molecule has 0 fully saturated rings. The van der Waals surface area contributed by atoms with Crippen LogP contribution in [0, 0.1) is 6.92 Å². The molecule has 2 N–H and O–H groups in total. The Morgan fingerprint density at radius 2 is 2.08 bits per heavy atom. The Bertz CT molecular complexity index is 822. The summed E-state index contributed by atoms with van der Waals surface area (Å²) in [5, 5.41) is 5.64. The van der Waals surface area contributed by atoms with Gasteiger partial charge < -0.3 is 20.1 Å². The molecule has 2 aromatic carbocycles. The second-order valence-corrected chi connectivity index (χ2v) is 5.73. The zero-order valence-corrected chi connectivity index (χ0v) is 13.8. The number of hydrogen-bond donors (Lipinski definition) is 2. The van der Waals surface area contributed by atoms with Crippen molar-refractivity contribution >= 4 is 34.8 Å². The summed E-state index contributed by atoms with van der Waals surface area (Å²) in [5.74, 6) is -0.163. The van der Waals surface area contributed by atoms with E-state index >= 15 is 0 Å². The van der Waals surface area contributed by atoms with E-state index in [1.807, 2.05) is 13.0 Å². The number of anilines is 2. The van der Waals surface area contributed by atoms with E-state index in [9.17, 15) is 9.59 Å². The van der Waals surface area contributed by atoms with Gasteiger partial charge in [-0.1, -0.05) is 17.7 Å². The van der Waals surface area contributed by atoms with Gasteiger partial charge in [0.1, 0.15) is 11.5 Å². The van der Waals surface area contributed by atoms with Crippen molar-refractivity contribution in [2.45, 2.75) is 13.0 Å². The number of benzene rings is 2. The van der Waals surface area contributed by atoms with Gasteiger partial charge in [-0.25, -0.2) is 0 Å². The first-order valence-electron chi connectivity index (χ1n) is 7.20. The summed E-state index contributed by atoms with van der Waals surface area (Å²) < 4.78 is 10.6. The average molecular weight is 347 g/mol. The van der Waals surface area contributed by atoms with Gasteiger partial charge in [-0.15, -0.1) is 0 Å². The maximum atomic E-state index is 12.3. The van der Waals surface area contributed by atoms with Crippen molar-refractivity contribution in [1.82, 2.24) is 0 Å². The number of aryl methyl sites for hydroxylation is 1. The first-order chi connectivity index (χ1) is 11.5. The van der Waals surface area contributed by atoms with Crippen molar-refractivity contribution in [2.24, 2.45) is 0 Å². The predicted octanol–water partition coefficient (Wildman–Crippen LogP) is 3.00. The molecule has 1 aliphatic heterocycles. The second kappa shape index (κ2) is 6.41. The molecule has 0 radical (unpaired) electrons. The number of carbonyl (C=O) groups is 2. The fourth-order valence-corrected chi connectivity index (χ4v) is 2.61. The molecule has 2 aromatic rings. The number of nitrogens with one attached hydrogen (secondary N) is 2. The normalized spacial score (nSPS) is 15.8. The minimum absolute atomic E-state index is 0.352. The van der Waals surface area contributed by atoms with Crippen molar-refractivity contribution in [1.29, 1.82) is 0 Å². The van der Waals surface area contributed by atoms with Crippen LogP contribution in [-0.4, -0.2) is 25.0 Å². The molecule has 6 nitrogen and oxygen atoms in total. The molecule has 1 aliphatic rings. The average Bonchev–Trinajstić information content (AvgIpc) is 2.54. The molecule has 0 aliphatic carbocycles. The van der Waals surface area contributed by atoms with Gasteiger partial charge in [0.2, 0.25) is 0 Å².